The average Bonchev–Trinajstić information content (AvgIpc) is 2.74. The van der Waals surface area contributed by atoms with Crippen molar-refractivity contribution in [3.05, 3.63) is 45.8 Å². The summed E-state index contributed by atoms with van der Waals surface area (Å²) in [6, 6.07) is 7.28. The van der Waals surface area contributed by atoms with Gasteiger partial charge in [-0.1, -0.05) is 21.1 Å². The van der Waals surface area contributed by atoms with Crippen LogP contribution in [0.5, 0.6) is 5.75 Å². The second kappa shape index (κ2) is 5.33. The minimum Gasteiger partial charge on any atom is -0.486 e. The molecule has 0 aliphatic rings. The van der Waals surface area contributed by atoms with Crippen molar-refractivity contribution in [2.75, 3.05) is 0 Å². The fourth-order valence-corrected chi connectivity index (χ4v) is 1.77. The van der Waals surface area contributed by atoms with Gasteiger partial charge in [-0.05, 0) is 30.7 Å². The lowest BCUT2D eigenvalue weighted by Gasteiger charge is -2.06. The molecule has 0 saturated carbocycles. The molecular formula is C12H12BrNO3. The van der Waals surface area contributed by atoms with E-state index in [0.29, 0.717) is 18.1 Å². The van der Waals surface area contributed by atoms with Crippen LogP contribution in [0.15, 0.2) is 33.3 Å². The summed E-state index contributed by atoms with van der Waals surface area (Å²) in [4.78, 5) is 0. The van der Waals surface area contributed by atoms with E-state index in [1.165, 1.54) is 0 Å². The topological polar surface area (TPSA) is 55.5 Å². The first-order chi connectivity index (χ1) is 8.19. The summed E-state index contributed by atoms with van der Waals surface area (Å²) >= 11 is 3.35. The zero-order valence-corrected chi connectivity index (χ0v) is 10.9. The van der Waals surface area contributed by atoms with Gasteiger partial charge in [-0.15, -0.1) is 0 Å². The molecule has 0 fully saturated rings. The van der Waals surface area contributed by atoms with E-state index in [-0.39, 0.29) is 6.61 Å². The summed E-state index contributed by atoms with van der Waals surface area (Å²) in [7, 11) is 0. The third kappa shape index (κ3) is 3.08. The highest BCUT2D eigenvalue weighted by Crippen LogP contribution is 2.23. The van der Waals surface area contributed by atoms with E-state index in [1.54, 1.807) is 6.07 Å². The van der Waals surface area contributed by atoms with Crippen LogP contribution in [0.4, 0.5) is 0 Å². The summed E-state index contributed by atoms with van der Waals surface area (Å²) in [6.07, 6.45) is 0. The molecule has 5 heteroatoms. The van der Waals surface area contributed by atoms with Crippen molar-refractivity contribution in [3.8, 4) is 5.75 Å². The second-order valence-electron chi connectivity index (χ2n) is 3.63. The summed E-state index contributed by atoms with van der Waals surface area (Å²) in [5.74, 6) is 1.36. The number of aliphatic hydroxyl groups is 1. The zero-order valence-electron chi connectivity index (χ0n) is 9.31. The fourth-order valence-electron chi connectivity index (χ4n) is 1.40. The molecule has 4 nitrogen and oxygen atoms in total. The second-order valence-corrected chi connectivity index (χ2v) is 4.49. The van der Waals surface area contributed by atoms with Gasteiger partial charge in [0.15, 0.2) is 5.76 Å². The van der Waals surface area contributed by atoms with E-state index in [2.05, 4.69) is 21.1 Å². The fraction of sp³-hybridized carbons (Fsp3) is 0.250. The van der Waals surface area contributed by atoms with Crippen LogP contribution in [-0.4, -0.2) is 10.3 Å². The Morgan fingerprint density at radius 1 is 1.41 bits per heavy atom. The minimum absolute atomic E-state index is 0.0286. The summed E-state index contributed by atoms with van der Waals surface area (Å²) in [6.45, 7) is 2.16. The first-order valence-corrected chi connectivity index (χ1v) is 5.92. The summed E-state index contributed by atoms with van der Waals surface area (Å²) < 4.78 is 11.4. The highest BCUT2D eigenvalue weighted by atomic mass is 79.9. The van der Waals surface area contributed by atoms with Crippen LogP contribution in [-0.2, 0) is 13.2 Å². The summed E-state index contributed by atoms with van der Waals surface area (Å²) in [5.41, 5.74) is 1.62. The van der Waals surface area contributed by atoms with Gasteiger partial charge in [-0.3, -0.25) is 0 Å². The zero-order chi connectivity index (χ0) is 12.3. The van der Waals surface area contributed by atoms with Crippen LogP contribution >= 0.6 is 15.9 Å². The van der Waals surface area contributed by atoms with Crippen LogP contribution in [0.1, 0.15) is 17.0 Å². The molecule has 1 N–H and O–H groups in total. The monoisotopic (exact) mass is 297 g/mol. The van der Waals surface area contributed by atoms with Gasteiger partial charge in [0.05, 0.1) is 12.3 Å². The molecule has 0 saturated heterocycles. The third-order valence-corrected chi connectivity index (χ3v) is 3.02. The lowest BCUT2D eigenvalue weighted by atomic mass is 10.2. The smallest absolute Gasteiger partial charge is 0.174 e. The number of halogens is 1. The Morgan fingerprint density at radius 2 is 2.24 bits per heavy atom. The number of hydrogen-bond acceptors (Lipinski definition) is 4. The van der Waals surface area contributed by atoms with Gasteiger partial charge in [0, 0.05) is 10.5 Å². The number of aliphatic hydroxyl groups excluding tert-OH is 1. The normalized spacial score (nSPS) is 10.5. The molecule has 0 aliphatic heterocycles. The number of aryl methyl sites for hydroxylation is 1. The number of ether oxygens (including phenoxy) is 1. The highest BCUT2D eigenvalue weighted by molar-refractivity contribution is 9.10. The Hall–Kier alpha value is -1.33. The van der Waals surface area contributed by atoms with Crippen LogP contribution in [0.25, 0.3) is 0 Å². The maximum Gasteiger partial charge on any atom is 0.174 e. The molecule has 90 valence electrons. The first kappa shape index (κ1) is 12.1. The lowest BCUT2D eigenvalue weighted by molar-refractivity contribution is 0.246. The van der Waals surface area contributed by atoms with Crippen LogP contribution < -0.4 is 4.74 Å². The molecule has 1 heterocycles. The van der Waals surface area contributed by atoms with Gasteiger partial charge in [-0.25, -0.2) is 0 Å². The van der Waals surface area contributed by atoms with Crippen LogP contribution in [0.2, 0.25) is 0 Å². The van der Waals surface area contributed by atoms with Crippen molar-refractivity contribution in [1.82, 2.24) is 5.16 Å². The Morgan fingerprint density at radius 3 is 2.88 bits per heavy atom. The SMILES string of the molecule is Cc1cc(COc2ccc(Br)c(CO)c2)on1. The molecule has 0 bridgehead atoms. The van der Waals surface area contributed by atoms with Gasteiger partial charge in [0.25, 0.3) is 0 Å². The molecule has 0 spiro atoms. The quantitative estimate of drug-likeness (QED) is 0.943. The predicted molar refractivity (Wildman–Crippen MR) is 65.6 cm³/mol. The molecule has 0 amide bonds. The predicted octanol–water partition coefficient (Wildman–Crippen LogP) is 2.82. The number of benzene rings is 1. The van der Waals surface area contributed by atoms with E-state index in [0.717, 1.165) is 15.7 Å². The standard InChI is InChI=1S/C12H12BrNO3/c1-8-4-11(17-14-8)7-16-10-2-3-12(13)9(5-10)6-15/h2-5,15H,6-7H2,1H3. The average molecular weight is 298 g/mol. The van der Waals surface area contributed by atoms with E-state index >= 15 is 0 Å². The molecule has 2 rings (SSSR count). The Balaban J connectivity index is 2.04. The van der Waals surface area contributed by atoms with Crippen molar-refractivity contribution in [1.29, 1.82) is 0 Å². The van der Waals surface area contributed by atoms with E-state index in [4.69, 9.17) is 14.4 Å². The van der Waals surface area contributed by atoms with Gasteiger partial charge >= 0.3 is 0 Å². The van der Waals surface area contributed by atoms with Crippen molar-refractivity contribution in [2.45, 2.75) is 20.1 Å². The molecule has 2 aromatic rings. The highest BCUT2D eigenvalue weighted by Gasteiger charge is 2.04. The molecule has 0 unspecified atom stereocenters. The summed E-state index contributed by atoms with van der Waals surface area (Å²) in [5, 5.41) is 12.9. The van der Waals surface area contributed by atoms with Crippen LogP contribution in [0, 0.1) is 6.92 Å². The van der Waals surface area contributed by atoms with Crippen molar-refractivity contribution in [2.24, 2.45) is 0 Å². The minimum atomic E-state index is -0.0286. The molecular weight excluding hydrogens is 286 g/mol. The van der Waals surface area contributed by atoms with Crippen molar-refractivity contribution in [3.63, 3.8) is 0 Å². The van der Waals surface area contributed by atoms with Crippen LogP contribution in [0.3, 0.4) is 0 Å². The van der Waals surface area contributed by atoms with E-state index < -0.39 is 0 Å². The maximum absolute atomic E-state index is 9.12. The molecule has 1 aromatic carbocycles. The molecule has 0 aliphatic carbocycles. The van der Waals surface area contributed by atoms with Gasteiger partial charge in [0.1, 0.15) is 12.4 Å². The van der Waals surface area contributed by atoms with Crippen molar-refractivity contribution < 1.29 is 14.4 Å². The Kier molecular flexibility index (Phi) is 3.81. The Bertz CT molecular complexity index is 510. The number of rotatable bonds is 4. The van der Waals surface area contributed by atoms with Gasteiger partial charge < -0.3 is 14.4 Å². The maximum atomic E-state index is 9.12. The molecule has 17 heavy (non-hydrogen) atoms. The van der Waals surface area contributed by atoms with E-state index in [9.17, 15) is 0 Å². The largest absolute Gasteiger partial charge is 0.486 e. The number of aromatic nitrogens is 1. The molecule has 0 atom stereocenters. The first-order valence-electron chi connectivity index (χ1n) is 5.13. The van der Waals surface area contributed by atoms with E-state index in [1.807, 2.05) is 25.1 Å². The van der Waals surface area contributed by atoms with Gasteiger partial charge in [0.2, 0.25) is 0 Å². The molecule has 1 aromatic heterocycles. The Labute approximate surface area is 107 Å². The van der Waals surface area contributed by atoms with Gasteiger partial charge in [-0.2, -0.15) is 0 Å². The third-order valence-electron chi connectivity index (χ3n) is 2.25. The number of hydrogen-bond donors (Lipinski definition) is 1. The molecule has 0 radical (unpaired) electrons. The number of nitrogens with zero attached hydrogens (tertiary/aromatic N) is 1. The van der Waals surface area contributed by atoms with Crippen molar-refractivity contribution >= 4 is 15.9 Å². The lowest BCUT2D eigenvalue weighted by Crippen LogP contribution is -1.95.